The number of rotatable bonds is 5. The van der Waals surface area contributed by atoms with Gasteiger partial charge in [-0.3, -0.25) is 4.79 Å². The minimum atomic E-state index is -2.98. The molecule has 1 aliphatic heterocycles. The summed E-state index contributed by atoms with van der Waals surface area (Å²) in [5.74, 6) is 1.36. The predicted molar refractivity (Wildman–Crippen MR) is 91.5 cm³/mol. The molecule has 7 heteroatoms. The third-order valence-electron chi connectivity index (χ3n) is 4.30. The largest absolute Gasteiger partial charge is 0.359 e. The van der Waals surface area contributed by atoms with Crippen LogP contribution in [0.25, 0.3) is 0 Å². The van der Waals surface area contributed by atoms with Gasteiger partial charge in [-0.15, -0.1) is 0 Å². The van der Waals surface area contributed by atoms with Gasteiger partial charge in [0.05, 0.1) is 17.1 Å². The maximum absolute atomic E-state index is 12.4. The van der Waals surface area contributed by atoms with Crippen molar-refractivity contribution >= 4 is 21.6 Å². The molecule has 1 aromatic rings. The van der Waals surface area contributed by atoms with E-state index in [0.717, 1.165) is 18.8 Å². The van der Waals surface area contributed by atoms with E-state index in [-0.39, 0.29) is 30.5 Å². The molecule has 0 radical (unpaired) electrons. The number of aromatic nitrogens is 1. The average molecular weight is 339 g/mol. The number of carbonyl (C=O) groups is 1. The molecule has 0 aromatic carbocycles. The van der Waals surface area contributed by atoms with Crippen LogP contribution < -0.4 is 4.90 Å². The molecule has 23 heavy (non-hydrogen) atoms. The molecular weight excluding hydrogens is 314 g/mol. The molecule has 1 fully saturated rings. The van der Waals surface area contributed by atoms with E-state index >= 15 is 0 Å². The highest BCUT2D eigenvalue weighted by Gasteiger charge is 2.25. The second kappa shape index (κ2) is 7.29. The smallest absolute Gasteiger partial charge is 0.255 e. The molecule has 1 unspecified atom stereocenters. The SMILES string of the molecule is CCC(C)CN(C)c1ccc(C(=O)N2CCS(=O)(=O)CC2)cn1. The maximum Gasteiger partial charge on any atom is 0.255 e. The van der Waals surface area contributed by atoms with Gasteiger partial charge in [-0.1, -0.05) is 20.3 Å². The molecule has 0 aliphatic carbocycles. The Kier molecular flexibility index (Phi) is 5.62. The highest BCUT2D eigenvalue weighted by molar-refractivity contribution is 7.91. The number of pyridine rings is 1. The van der Waals surface area contributed by atoms with Gasteiger partial charge in [-0.2, -0.15) is 0 Å². The van der Waals surface area contributed by atoms with Crippen molar-refractivity contribution < 1.29 is 13.2 Å². The summed E-state index contributed by atoms with van der Waals surface area (Å²) in [6, 6.07) is 3.61. The van der Waals surface area contributed by atoms with E-state index in [2.05, 4.69) is 23.7 Å². The number of nitrogens with zero attached hydrogens (tertiary/aromatic N) is 3. The van der Waals surface area contributed by atoms with Crippen LogP contribution in [-0.4, -0.2) is 62.4 Å². The van der Waals surface area contributed by atoms with Crippen LogP contribution in [0.15, 0.2) is 18.3 Å². The number of hydrogen-bond acceptors (Lipinski definition) is 5. The standard InChI is InChI=1S/C16H25N3O3S/c1-4-13(2)12-18(3)15-6-5-14(11-17-15)16(20)19-7-9-23(21,22)10-8-19/h5-6,11,13H,4,7-10,12H2,1-3H3. The third-order valence-corrected chi connectivity index (χ3v) is 5.91. The minimum Gasteiger partial charge on any atom is -0.359 e. The first kappa shape index (κ1) is 17.7. The van der Waals surface area contributed by atoms with Crippen molar-refractivity contribution in [1.82, 2.24) is 9.88 Å². The number of hydrogen-bond donors (Lipinski definition) is 0. The monoisotopic (exact) mass is 339 g/mol. The Hall–Kier alpha value is -1.63. The minimum absolute atomic E-state index is 0.0435. The molecule has 0 spiro atoms. The van der Waals surface area contributed by atoms with Crippen LogP contribution in [0.5, 0.6) is 0 Å². The zero-order chi connectivity index (χ0) is 17.0. The molecule has 1 aliphatic rings. The van der Waals surface area contributed by atoms with Gasteiger partial charge < -0.3 is 9.80 Å². The van der Waals surface area contributed by atoms with Gasteiger partial charge in [0.1, 0.15) is 5.82 Å². The van der Waals surface area contributed by atoms with Crippen LogP contribution in [-0.2, 0) is 9.84 Å². The summed E-state index contributed by atoms with van der Waals surface area (Å²) in [7, 11) is -0.988. The van der Waals surface area contributed by atoms with E-state index in [1.807, 2.05) is 13.1 Å². The highest BCUT2D eigenvalue weighted by atomic mass is 32.2. The topological polar surface area (TPSA) is 70.6 Å². The molecule has 2 heterocycles. The summed E-state index contributed by atoms with van der Waals surface area (Å²) in [5, 5.41) is 0. The van der Waals surface area contributed by atoms with E-state index < -0.39 is 9.84 Å². The fourth-order valence-corrected chi connectivity index (χ4v) is 3.73. The van der Waals surface area contributed by atoms with Crippen LogP contribution in [0.4, 0.5) is 5.82 Å². The Balaban J connectivity index is 2.00. The lowest BCUT2D eigenvalue weighted by Gasteiger charge is -2.27. The molecular formula is C16H25N3O3S. The van der Waals surface area contributed by atoms with E-state index in [9.17, 15) is 13.2 Å². The predicted octanol–water partition coefficient (Wildman–Crippen LogP) is 1.43. The molecule has 1 amide bonds. The fourth-order valence-electron chi connectivity index (χ4n) is 2.53. The second-order valence-corrected chi connectivity index (χ2v) is 8.55. The molecule has 1 saturated heterocycles. The molecule has 1 aromatic heterocycles. The van der Waals surface area contributed by atoms with E-state index in [4.69, 9.17) is 0 Å². The lowest BCUT2D eigenvalue weighted by molar-refractivity contribution is 0.0770. The van der Waals surface area contributed by atoms with Crippen LogP contribution in [0.1, 0.15) is 30.6 Å². The van der Waals surface area contributed by atoms with Crippen LogP contribution in [0, 0.1) is 5.92 Å². The number of sulfone groups is 1. The normalized spacial score (nSPS) is 18.5. The molecule has 0 bridgehead atoms. The Morgan fingerprint density at radius 3 is 2.52 bits per heavy atom. The summed E-state index contributed by atoms with van der Waals surface area (Å²) in [5.41, 5.74) is 0.505. The summed E-state index contributed by atoms with van der Waals surface area (Å²) < 4.78 is 22.9. The van der Waals surface area contributed by atoms with Gasteiger partial charge in [0.2, 0.25) is 0 Å². The first-order chi connectivity index (χ1) is 10.8. The van der Waals surface area contributed by atoms with Crippen LogP contribution >= 0.6 is 0 Å². The zero-order valence-corrected chi connectivity index (χ0v) is 14.8. The average Bonchev–Trinajstić information content (AvgIpc) is 2.54. The van der Waals surface area contributed by atoms with Crippen LogP contribution in [0.2, 0.25) is 0 Å². The molecule has 0 saturated carbocycles. The summed E-state index contributed by atoms with van der Waals surface area (Å²) in [6.45, 7) is 5.79. The second-order valence-electron chi connectivity index (χ2n) is 6.24. The first-order valence-corrected chi connectivity index (χ1v) is 9.81. The van der Waals surface area contributed by atoms with Crippen molar-refractivity contribution in [1.29, 1.82) is 0 Å². The van der Waals surface area contributed by atoms with Crippen molar-refractivity contribution in [2.75, 3.05) is 43.1 Å². The molecule has 128 valence electrons. The van der Waals surface area contributed by atoms with Crippen LogP contribution in [0.3, 0.4) is 0 Å². The van der Waals surface area contributed by atoms with Crippen molar-refractivity contribution in [2.24, 2.45) is 5.92 Å². The van der Waals surface area contributed by atoms with Gasteiger partial charge in [0.25, 0.3) is 5.91 Å². The van der Waals surface area contributed by atoms with Gasteiger partial charge in [0.15, 0.2) is 9.84 Å². The van der Waals surface area contributed by atoms with Crippen molar-refractivity contribution in [3.63, 3.8) is 0 Å². The molecule has 1 atom stereocenters. The fraction of sp³-hybridized carbons (Fsp3) is 0.625. The maximum atomic E-state index is 12.4. The zero-order valence-electron chi connectivity index (χ0n) is 14.0. The van der Waals surface area contributed by atoms with Gasteiger partial charge in [0, 0.05) is 32.9 Å². The number of anilines is 1. The van der Waals surface area contributed by atoms with Gasteiger partial charge in [-0.05, 0) is 18.1 Å². The third kappa shape index (κ3) is 4.67. The summed E-state index contributed by atoms with van der Waals surface area (Å²) >= 11 is 0. The lowest BCUT2D eigenvalue weighted by atomic mass is 10.1. The Morgan fingerprint density at radius 1 is 1.35 bits per heavy atom. The van der Waals surface area contributed by atoms with Crippen molar-refractivity contribution in [3.05, 3.63) is 23.9 Å². The quantitative estimate of drug-likeness (QED) is 0.812. The highest BCUT2D eigenvalue weighted by Crippen LogP contribution is 2.15. The van der Waals surface area contributed by atoms with Crippen molar-refractivity contribution in [3.8, 4) is 0 Å². The van der Waals surface area contributed by atoms with E-state index in [0.29, 0.717) is 11.5 Å². The van der Waals surface area contributed by atoms with Gasteiger partial charge >= 0.3 is 0 Å². The van der Waals surface area contributed by atoms with Gasteiger partial charge in [-0.25, -0.2) is 13.4 Å². The molecule has 2 rings (SSSR count). The first-order valence-electron chi connectivity index (χ1n) is 7.99. The van der Waals surface area contributed by atoms with E-state index in [1.54, 1.807) is 17.2 Å². The van der Waals surface area contributed by atoms with Crippen molar-refractivity contribution in [2.45, 2.75) is 20.3 Å². The lowest BCUT2D eigenvalue weighted by Crippen LogP contribution is -2.43. The molecule has 6 nitrogen and oxygen atoms in total. The summed E-state index contributed by atoms with van der Waals surface area (Å²) in [6.07, 6.45) is 2.69. The summed E-state index contributed by atoms with van der Waals surface area (Å²) in [4.78, 5) is 20.4. The molecule has 0 N–H and O–H groups in total. The Morgan fingerprint density at radius 2 is 2.00 bits per heavy atom. The van der Waals surface area contributed by atoms with E-state index in [1.165, 1.54) is 0 Å². The Labute approximate surface area is 138 Å². The number of amides is 1. The number of carbonyl (C=O) groups excluding carboxylic acids is 1. The Bertz CT molecular complexity index is 629.